The topological polar surface area (TPSA) is 67.2 Å². The van der Waals surface area contributed by atoms with Gasteiger partial charge in [-0.1, -0.05) is 6.07 Å². The number of hydrogen-bond acceptors (Lipinski definition) is 3. The number of carbonyl (C=O) groups excluding carboxylic acids is 1. The molecule has 0 heterocycles. The van der Waals surface area contributed by atoms with Crippen molar-refractivity contribution in [1.82, 2.24) is 5.32 Å². The Labute approximate surface area is 131 Å². The minimum atomic E-state index is -0.112. The minimum absolute atomic E-state index is 0.0991. The number of rotatable bonds is 4. The van der Waals surface area contributed by atoms with Gasteiger partial charge in [0.2, 0.25) is 0 Å². The third-order valence-corrected chi connectivity index (χ3v) is 3.52. The molecule has 0 aromatic heterocycles. The summed E-state index contributed by atoms with van der Waals surface area (Å²) in [6.07, 6.45) is 0. The Morgan fingerprint density at radius 1 is 1.05 bits per heavy atom. The van der Waals surface area contributed by atoms with Crippen LogP contribution in [0.3, 0.4) is 0 Å². The van der Waals surface area contributed by atoms with Gasteiger partial charge in [-0.2, -0.15) is 0 Å². The van der Waals surface area contributed by atoms with Gasteiger partial charge in [-0.3, -0.25) is 4.79 Å². The smallest absolute Gasteiger partial charge is 0.251 e. The Kier molecular flexibility index (Phi) is 4.71. The van der Waals surface area contributed by atoms with E-state index < -0.39 is 0 Å². The number of anilines is 3. The van der Waals surface area contributed by atoms with Crippen LogP contribution in [0.25, 0.3) is 0 Å². The van der Waals surface area contributed by atoms with E-state index in [0.717, 1.165) is 11.4 Å². The molecule has 2 rings (SSSR count). The van der Waals surface area contributed by atoms with Crippen molar-refractivity contribution in [3.05, 3.63) is 53.1 Å². The van der Waals surface area contributed by atoms with Crippen LogP contribution in [0.2, 0.25) is 0 Å². The highest BCUT2D eigenvalue weighted by Gasteiger charge is 2.09. The number of hydrogen-bond donors (Lipinski definition) is 3. The first-order valence-electron chi connectivity index (χ1n) is 7.41. The van der Waals surface area contributed by atoms with E-state index in [4.69, 9.17) is 5.73 Å². The fraction of sp³-hybridized carbons (Fsp3) is 0.278. The Morgan fingerprint density at radius 2 is 1.77 bits per heavy atom. The molecule has 1 amide bonds. The van der Waals surface area contributed by atoms with Crippen molar-refractivity contribution >= 4 is 23.0 Å². The lowest BCUT2D eigenvalue weighted by Crippen LogP contribution is -2.30. The first-order chi connectivity index (χ1) is 10.4. The molecule has 0 aliphatic heterocycles. The number of aryl methyl sites for hydroxylation is 2. The van der Waals surface area contributed by atoms with Crippen LogP contribution < -0.4 is 16.4 Å². The van der Waals surface area contributed by atoms with Gasteiger partial charge in [0.25, 0.3) is 5.91 Å². The molecule has 0 atom stereocenters. The fourth-order valence-electron chi connectivity index (χ4n) is 2.14. The molecule has 0 radical (unpaired) electrons. The van der Waals surface area contributed by atoms with Gasteiger partial charge in [-0.05, 0) is 69.2 Å². The van der Waals surface area contributed by atoms with Crippen LogP contribution in [-0.2, 0) is 0 Å². The summed E-state index contributed by atoms with van der Waals surface area (Å²) in [7, 11) is 0. The standard InChI is InChI=1S/C18H23N3O/c1-11(2)20-18(22)14-6-8-17(16(19)10-14)21-15-7-5-12(3)13(4)9-15/h5-11,21H,19H2,1-4H3,(H,20,22). The number of nitrogens with two attached hydrogens (primary N) is 1. The highest BCUT2D eigenvalue weighted by Crippen LogP contribution is 2.25. The average molecular weight is 297 g/mol. The van der Waals surface area contributed by atoms with Gasteiger partial charge in [0.05, 0.1) is 11.4 Å². The molecule has 0 saturated carbocycles. The van der Waals surface area contributed by atoms with E-state index in [9.17, 15) is 4.79 Å². The molecule has 22 heavy (non-hydrogen) atoms. The van der Waals surface area contributed by atoms with E-state index in [1.54, 1.807) is 12.1 Å². The molecule has 116 valence electrons. The zero-order valence-electron chi connectivity index (χ0n) is 13.5. The highest BCUT2D eigenvalue weighted by molar-refractivity contribution is 5.96. The molecule has 0 aliphatic carbocycles. The van der Waals surface area contributed by atoms with E-state index >= 15 is 0 Å². The maximum atomic E-state index is 12.0. The molecule has 2 aromatic rings. The molecule has 0 unspecified atom stereocenters. The van der Waals surface area contributed by atoms with Crippen LogP contribution in [0.15, 0.2) is 36.4 Å². The molecule has 4 nitrogen and oxygen atoms in total. The quantitative estimate of drug-likeness (QED) is 0.753. The van der Waals surface area contributed by atoms with Crippen LogP contribution in [0.4, 0.5) is 17.1 Å². The summed E-state index contributed by atoms with van der Waals surface area (Å²) < 4.78 is 0. The van der Waals surface area contributed by atoms with Gasteiger partial charge in [0.15, 0.2) is 0 Å². The van der Waals surface area contributed by atoms with Gasteiger partial charge in [-0.25, -0.2) is 0 Å². The molecular formula is C18H23N3O. The first-order valence-corrected chi connectivity index (χ1v) is 7.41. The van der Waals surface area contributed by atoms with Crippen molar-refractivity contribution in [3.8, 4) is 0 Å². The normalized spacial score (nSPS) is 10.6. The lowest BCUT2D eigenvalue weighted by molar-refractivity contribution is 0.0943. The van der Waals surface area contributed by atoms with E-state index in [2.05, 4.69) is 36.6 Å². The van der Waals surface area contributed by atoms with Gasteiger partial charge in [0, 0.05) is 17.3 Å². The van der Waals surface area contributed by atoms with Crippen LogP contribution in [-0.4, -0.2) is 11.9 Å². The van der Waals surface area contributed by atoms with Crippen LogP contribution >= 0.6 is 0 Å². The average Bonchev–Trinajstić information content (AvgIpc) is 2.44. The number of nitrogen functional groups attached to an aromatic ring is 1. The summed E-state index contributed by atoms with van der Waals surface area (Å²) in [5.41, 5.74) is 11.4. The molecule has 4 N–H and O–H groups in total. The lowest BCUT2D eigenvalue weighted by atomic mass is 10.1. The Hall–Kier alpha value is -2.49. The molecular weight excluding hydrogens is 274 g/mol. The van der Waals surface area contributed by atoms with Crippen molar-refractivity contribution in [2.75, 3.05) is 11.1 Å². The van der Waals surface area contributed by atoms with E-state index in [0.29, 0.717) is 11.3 Å². The van der Waals surface area contributed by atoms with Crippen molar-refractivity contribution < 1.29 is 4.79 Å². The summed E-state index contributed by atoms with van der Waals surface area (Å²) in [4.78, 5) is 12.0. The molecule has 0 aliphatic rings. The SMILES string of the molecule is Cc1ccc(Nc2ccc(C(=O)NC(C)C)cc2N)cc1C. The number of benzene rings is 2. The maximum Gasteiger partial charge on any atom is 0.251 e. The third-order valence-electron chi connectivity index (χ3n) is 3.52. The highest BCUT2D eigenvalue weighted by atomic mass is 16.1. The Bertz CT molecular complexity index is 693. The summed E-state index contributed by atoms with van der Waals surface area (Å²) >= 11 is 0. The van der Waals surface area contributed by atoms with E-state index in [-0.39, 0.29) is 11.9 Å². The van der Waals surface area contributed by atoms with Crippen LogP contribution in [0.1, 0.15) is 35.3 Å². The molecule has 0 spiro atoms. The first kappa shape index (κ1) is 15.9. The molecule has 0 bridgehead atoms. The predicted octanol–water partition coefficient (Wildman–Crippen LogP) is 3.77. The summed E-state index contributed by atoms with van der Waals surface area (Å²) in [6, 6.07) is 11.6. The van der Waals surface area contributed by atoms with E-state index in [1.807, 2.05) is 26.0 Å². The second kappa shape index (κ2) is 6.52. The van der Waals surface area contributed by atoms with Gasteiger partial charge >= 0.3 is 0 Å². The van der Waals surface area contributed by atoms with Crippen molar-refractivity contribution in [3.63, 3.8) is 0 Å². The van der Waals surface area contributed by atoms with Gasteiger partial charge < -0.3 is 16.4 Å². The number of carbonyl (C=O) groups is 1. The lowest BCUT2D eigenvalue weighted by Gasteiger charge is -2.13. The monoisotopic (exact) mass is 297 g/mol. The predicted molar refractivity (Wildman–Crippen MR) is 92.7 cm³/mol. The summed E-state index contributed by atoms with van der Waals surface area (Å²) in [5.74, 6) is -0.112. The summed E-state index contributed by atoms with van der Waals surface area (Å²) in [6.45, 7) is 8.01. The molecule has 2 aromatic carbocycles. The van der Waals surface area contributed by atoms with E-state index in [1.165, 1.54) is 11.1 Å². The minimum Gasteiger partial charge on any atom is -0.397 e. The van der Waals surface area contributed by atoms with Gasteiger partial charge in [0.1, 0.15) is 0 Å². The van der Waals surface area contributed by atoms with Crippen molar-refractivity contribution in [1.29, 1.82) is 0 Å². The molecule has 0 fully saturated rings. The zero-order valence-corrected chi connectivity index (χ0v) is 13.5. The van der Waals surface area contributed by atoms with Gasteiger partial charge in [-0.15, -0.1) is 0 Å². The number of amides is 1. The van der Waals surface area contributed by atoms with Crippen molar-refractivity contribution in [2.45, 2.75) is 33.7 Å². The second-order valence-corrected chi connectivity index (χ2v) is 5.85. The molecule has 0 saturated heterocycles. The van der Waals surface area contributed by atoms with Crippen molar-refractivity contribution in [2.24, 2.45) is 0 Å². The molecule has 4 heteroatoms. The summed E-state index contributed by atoms with van der Waals surface area (Å²) in [5, 5.41) is 6.14. The Balaban J connectivity index is 2.19. The van der Waals surface area contributed by atoms with Crippen LogP contribution in [0.5, 0.6) is 0 Å². The fourth-order valence-corrected chi connectivity index (χ4v) is 2.14. The second-order valence-electron chi connectivity index (χ2n) is 5.85. The van der Waals surface area contributed by atoms with Crippen LogP contribution in [0, 0.1) is 13.8 Å². The third kappa shape index (κ3) is 3.79. The number of nitrogens with one attached hydrogen (secondary N) is 2. The maximum absolute atomic E-state index is 12.0. The zero-order chi connectivity index (χ0) is 16.3. The Morgan fingerprint density at radius 3 is 2.36 bits per heavy atom. The largest absolute Gasteiger partial charge is 0.397 e.